The van der Waals surface area contributed by atoms with Crippen LogP contribution in [-0.2, 0) is 6.42 Å². The van der Waals surface area contributed by atoms with E-state index in [-0.39, 0.29) is 6.10 Å². The van der Waals surface area contributed by atoms with E-state index in [1.54, 1.807) is 0 Å². The number of rotatable bonds is 4. The van der Waals surface area contributed by atoms with Crippen molar-refractivity contribution >= 4 is 0 Å². The molecular weight excluding hydrogens is 212 g/mol. The van der Waals surface area contributed by atoms with E-state index in [0.29, 0.717) is 0 Å². The Bertz CT molecular complexity index is 331. The summed E-state index contributed by atoms with van der Waals surface area (Å²) in [5.74, 6) is 0. The molecule has 1 aliphatic rings. The number of aryl methyl sites for hydroxylation is 1. The van der Waals surface area contributed by atoms with Gasteiger partial charge in [0.25, 0.3) is 0 Å². The summed E-state index contributed by atoms with van der Waals surface area (Å²) in [6, 6.07) is 8.31. The number of hydrogen-bond acceptors (Lipinski definition) is 3. The Hall–Kier alpha value is -0.900. The minimum atomic E-state index is -0.362. The van der Waals surface area contributed by atoms with Crippen LogP contribution in [0.2, 0.25) is 0 Å². The molecule has 0 bridgehead atoms. The van der Waals surface area contributed by atoms with Crippen molar-refractivity contribution in [1.82, 2.24) is 10.2 Å². The van der Waals surface area contributed by atoms with Crippen molar-refractivity contribution in [3.63, 3.8) is 0 Å². The van der Waals surface area contributed by atoms with Gasteiger partial charge in [-0.2, -0.15) is 0 Å². The molecule has 2 rings (SSSR count). The maximum Gasteiger partial charge on any atom is 0.0916 e. The molecule has 0 spiro atoms. The molecule has 1 fully saturated rings. The monoisotopic (exact) mass is 234 g/mol. The number of aliphatic hydroxyl groups excluding tert-OH is 1. The highest BCUT2D eigenvalue weighted by Crippen LogP contribution is 2.15. The molecule has 94 valence electrons. The smallest absolute Gasteiger partial charge is 0.0916 e. The lowest BCUT2D eigenvalue weighted by Gasteiger charge is -2.29. The fourth-order valence-electron chi connectivity index (χ4n) is 2.22. The van der Waals surface area contributed by atoms with Gasteiger partial charge in [-0.3, -0.25) is 4.90 Å². The van der Waals surface area contributed by atoms with Crippen LogP contribution in [0.1, 0.15) is 24.2 Å². The van der Waals surface area contributed by atoms with Gasteiger partial charge in [-0.05, 0) is 17.5 Å². The Balaban J connectivity index is 1.91. The predicted octanol–water partition coefficient (Wildman–Crippen LogP) is 1.19. The standard InChI is InChI=1S/C14H22N2O/c1-2-12-3-5-13(6-4-12)14(17)11-16-9-7-15-8-10-16/h3-6,14-15,17H,2,7-11H2,1H3. The van der Waals surface area contributed by atoms with E-state index in [4.69, 9.17) is 0 Å². The number of nitrogens with one attached hydrogen (secondary N) is 1. The zero-order chi connectivity index (χ0) is 12.1. The van der Waals surface area contributed by atoms with Gasteiger partial charge in [-0.25, -0.2) is 0 Å². The van der Waals surface area contributed by atoms with Crippen LogP contribution in [0, 0.1) is 0 Å². The van der Waals surface area contributed by atoms with Crippen LogP contribution in [0.3, 0.4) is 0 Å². The lowest BCUT2D eigenvalue weighted by molar-refractivity contribution is 0.105. The number of β-amino-alcohol motifs (C(OH)–C–C–N with tert-alkyl or cyclic N) is 1. The lowest BCUT2D eigenvalue weighted by atomic mass is 10.1. The van der Waals surface area contributed by atoms with E-state index in [2.05, 4.69) is 29.3 Å². The predicted molar refractivity (Wildman–Crippen MR) is 70.1 cm³/mol. The minimum absolute atomic E-state index is 0.362. The van der Waals surface area contributed by atoms with Crippen LogP contribution >= 0.6 is 0 Å². The number of benzene rings is 1. The summed E-state index contributed by atoms with van der Waals surface area (Å²) >= 11 is 0. The molecule has 0 amide bonds. The van der Waals surface area contributed by atoms with E-state index >= 15 is 0 Å². The van der Waals surface area contributed by atoms with Gasteiger partial charge in [0.1, 0.15) is 0 Å². The number of aliphatic hydroxyl groups is 1. The fourth-order valence-corrected chi connectivity index (χ4v) is 2.22. The van der Waals surface area contributed by atoms with Gasteiger partial charge >= 0.3 is 0 Å². The highest BCUT2D eigenvalue weighted by molar-refractivity contribution is 5.24. The normalized spacial score (nSPS) is 19.2. The molecule has 0 aliphatic carbocycles. The van der Waals surface area contributed by atoms with E-state index in [1.807, 2.05) is 12.1 Å². The fraction of sp³-hybridized carbons (Fsp3) is 0.571. The molecule has 0 radical (unpaired) electrons. The summed E-state index contributed by atoms with van der Waals surface area (Å²) in [5.41, 5.74) is 2.35. The second-order valence-corrected chi connectivity index (χ2v) is 4.66. The molecule has 1 aromatic carbocycles. The van der Waals surface area contributed by atoms with Crippen molar-refractivity contribution in [3.8, 4) is 0 Å². The van der Waals surface area contributed by atoms with Crippen molar-refractivity contribution in [2.45, 2.75) is 19.4 Å². The Morgan fingerprint density at radius 3 is 2.47 bits per heavy atom. The van der Waals surface area contributed by atoms with E-state index < -0.39 is 0 Å². The number of piperazine rings is 1. The molecule has 2 N–H and O–H groups in total. The Kier molecular flexibility index (Phi) is 4.54. The third kappa shape index (κ3) is 3.53. The first-order chi connectivity index (χ1) is 8.29. The maximum absolute atomic E-state index is 10.2. The average molecular weight is 234 g/mol. The van der Waals surface area contributed by atoms with Gasteiger partial charge in [0, 0.05) is 32.7 Å². The van der Waals surface area contributed by atoms with Gasteiger partial charge < -0.3 is 10.4 Å². The Morgan fingerprint density at radius 1 is 1.24 bits per heavy atom. The van der Waals surface area contributed by atoms with Crippen molar-refractivity contribution in [2.24, 2.45) is 0 Å². The molecule has 1 aliphatic heterocycles. The topological polar surface area (TPSA) is 35.5 Å². The minimum Gasteiger partial charge on any atom is -0.387 e. The molecular formula is C14H22N2O. The number of nitrogens with zero attached hydrogens (tertiary/aromatic N) is 1. The van der Waals surface area contributed by atoms with E-state index in [1.165, 1.54) is 5.56 Å². The maximum atomic E-state index is 10.2. The van der Waals surface area contributed by atoms with Gasteiger partial charge in [0.15, 0.2) is 0 Å². The molecule has 1 aromatic rings. The summed E-state index contributed by atoms with van der Waals surface area (Å²) in [5, 5.41) is 13.5. The third-order valence-corrected chi connectivity index (χ3v) is 3.41. The molecule has 1 atom stereocenters. The molecule has 1 unspecified atom stereocenters. The van der Waals surface area contributed by atoms with E-state index in [0.717, 1.165) is 44.7 Å². The summed E-state index contributed by atoms with van der Waals surface area (Å²) in [7, 11) is 0. The summed E-state index contributed by atoms with van der Waals surface area (Å²) < 4.78 is 0. The Labute approximate surface area is 103 Å². The van der Waals surface area contributed by atoms with Crippen molar-refractivity contribution in [2.75, 3.05) is 32.7 Å². The van der Waals surface area contributed by atoms with Crippen LogP contribution in [-0.4, -0.2) is 42.7 Å². The third-order valence-electron chi connectivity index (χ3n) is 3.41. The van der Waals surface area contributed by atoms with Gasteiger partial charge in [-0.1, -0.05) is 31.2 Å². The first kappa shape index (κ1) is 12.6. The summed E-state index contributed by atoms with van der Waals surface area (Å²) in [6.07, 6.45) is 0.688. The van der Waals surface area contributed by atoms with Crippen LogP contribution < -0.4 is 5.32 Å². The van der Waals surface area contributed by atoms with E-state index in [9.17, 15) is 5.11 Å². The van der Waals surface area contributed by atoms with Crippen LogP contribution in [0.4, 0.5) is 0 Å². The SMILES string of the molecule is CCc1ccc(C(O)CN2CCNCC2)cc1. The first-order valence-electron chi connectivity index (χ1n) is 6.49. The molecule has 0 aromatic heterocycles. The molecule has 3 nitrogen and oxygen atoms in total. The average Bonchev–Trinajstić information content (AvgIpc) is 2.40. The second-order valence-electron chi connectivity index (χ2n) is 4.66. The quantitative estimate of drug-likeness (QED) is 0.821. The van der Waals surface area contributed by atoms with Gasteiger partial charge in [0.2, 0.25) is 0 Å². The summed E-state index contributed by atoms with van der Waals surface area (Å²) in [4.78, 5) is 2.31. The van der Waals surface area contributed by atoms with Crippen molar-refractivity contribution in [3.05, 3.63) is 35.4 Å². The van der Waals surface area contributed by atoms with Crippen LogP contribution in [0.25, 0.3) is 0 Å². The van der Waals surface area contributed by atoms with Crippen molar-refractivity contribution < 1.29 is 5.11 Å². The largest absolute Gasteiger partial charge is 0.387 e. The molecule has 0 saturated carbocycles. The lowest BCUT2D eigenvalue weighted by Crippen LogP contribution is -2.44. The molecule has 1 heterocycles. The van der Waals surface area contributed by atoms with Crippen LogP contribution in [0.5, 0.6) is 0 Å². The zero-order valence-electron chi connectivity index (χ0n) is 10.5. The second kappa shape index (κ2) is 6.15. The Morgan fingerprint density at radius 2 is 1.88 bits per heavy atom. The van der Waals surface area contributed by atoms with Crippen molar-refractivity contribution in [1.29, 1.82) is 0 Å². The molecule has 3 heteroatoms. The van der Waals surface area contributed by atoms with Crippen LogP contribution in [0.15, 0.2) is 24.3 Å². The zero-order valence-corrected chi connectivity index (χ0v) is 10.5. The van der Waals surface area contributed by atoms with Gasteiger partial charge in [-0.15, -0.1) is 0 Å². The number of hydrogen-bond donors (Lipinski definition) is 2. The van der Waals surface area contributed by atoms with Gasteiger partial charge in [0.05, 0.1) is 6.10 Å². The molecule has 1 saturated heterocycles. The first-order valence-corrected chi connectivity index (χ1v) is 6.49. The highest BCUT2D eigenvalue weighted by Gasteiger charge is 2.15. The molecule has 17 heavy (non-hydrogen) atoms. The highest BCUT2D eigenvalue weighted by atomic mass is 16.3. The summed E-state index contributed by atoms with van der Waals surface area (Å²) in [6.45, 7) is 7.01.